The number of hydrogen-bond donors (Lipinski definition) is 1. The van der Waals surface area contributed by atoms with Gasteiger partial charge in [0.05, 0.1) is 27.0 Å². The molecule has 0 saturated carbocycles. The van der Waals surface area contributed by atoms with Gasteiger partial charge in [-0.2, -0.15) is 0 Å². The maximum Gasteiger partial charge on any atom is 0.336 e. The smallest absolute Gasteiger partial charge is 0.336 e. The monoisotopic (exact) mass is 400 g/mol. The molecule has 1 heterocycles. The van der Waals surface area contributed by atoms with Crippen molar-refractivity contribution in [1.29, 1.82) is 0 Å². The second-order valence-electron chi connectivity index (χ2n) is 5.86. The number of carbonyl (C=O) groups is 3. The average Bonchev–Trinajstić information content (AvgIpc) is 2.71. The second kappa shape index (κ2) is 8.01. The van der Waals surface area contributed by atoms with E-state index in [4.69, 9.17) is 14.2 Å². The van der Waals surface area contributed by atoms with Crippen LogP contribution in [0.1, 0.15) is 5.56 Å². The van der Waals surface area contributed by atoms with Crippen molar-refractivity contribution >= 4 is 29.6 Å². The Morgan fingerprint density at radius 1 is 0.931 bits per heavy atom. The fourth-order valence-electron chi connectivity index (χ4n) is 2.83. The number of halogens is 1. The third kappa shape index (κ3) is 3.62. The van der Waals surface area contributed by atoms with Gasteiger partial charge in [-0.1, -0.05) is 12.1 Å². The van der Waals surface area contributed by atoms with E-state index < -0.39 is 23.7 Å². The number of benzene rings is 2. The molecule has 1 aliphatic heterocycles. The van der Waals surface area contributed by atoms with Gasteiger partial charge in [0.2, 0.25) is 0 Å². The molecule has 3 rings (SSSR count). The standard InChI is InChI=1S/C20H17FN2O6/c1-27-15-10-17(29-3)16(28-2)9-11(15)8-12-18(24)22-20(26)23(19(12)25)14-7-5-4-6-13(14)21/h4-10H,1-3H3,(H,22,24,26)/b12-8+. The van der Waals surface area contributed by atoms with E-state index in [0.717, 1.165) is 6.07 Å². The highest BCUT2D eigenvalue weighted by molar-refractivity contribution is 6.39. The molecule has 150 valence electrons. The topological polar surface area (TPSA) is 94.2 Å². The SMILES string of the molecule is COc1cc(OC)c(OC)cc1/C=C1\C(=O)NC(=O)N(c2ccccc2F)C1=O. The molecule has 4 amide bonds. The number of nitrogens with zero attached hydrogens (tertiary/aromatic N) is 1. The number of barbiturate groups is 1. The fraction of sp³-hybridized carbons (Fsp3) is 0.150. The molecule has 0 aromatic heterocycles. The van der Waals surface area contributed by atoms with Gasteiger partial charge in [-0.15, -0.1) is 0 Å². The van der Waals surface area contributed by atoms with E-state index in [0.29, 0.717) is 27.7 Å². The summed E-state index contributed by atoms with van der Waals surface area (Å²) in [7, 11) is 4.28. The van der Waals surface area contributed by atoms with Crippen LogP contribution in [0.3, 0.4) is 0 Å². The number of rotatable bonds is 5. The summed E-state index contributed by atoms with van der Waals surface area (Å²) < 4.78 is 29.9. The molecular weight excluding hydrogens is 383 g/mol. The Bertz CT molecular complexity index is 1030. The Labute approximate surface area is 165 Å². The van der Waals surface area contributed by atoms with Crippen LogP contribution in [0.2, 0.25) is 0 Å². The number of methoxy groups -OCH3 is 3. The van der Waals surface area contributed by atoms with Gasteiger partial charge in [-0.05, 0) is 24.3 Å². The summed E-state index contributed by atoms with van der Waals surface area (Å²) in [5, 5.41) is 2.04. The molecule has 1 aliphatic rings. The minimum atomic E-state index is -1.04. The predicted molar refractivity (Wildman–Crippen MR) is 101 cm³/mol. The van der Waals surface area contributed by atoms with E-state index in [9.17, 15) is 18.8 Å². The number of imide groups is 2. The van der Waals surface area contributed by atoms with Crippen LogP contribution in [0.4, 0.5) is 14.9 Å². The first-order chi connectivity index (χ1) is 13.9. The number of urea groups is 1. The zero-order valence-electron chi connectivity index (χ0n) is 15.8. The van der Waals surface area contributed by atoms with Gasteiger partial charge >= 0.3 is 6.03 Å². The molecule has 1 N–H and O–H groups in total. The van der Waals surface area contributed by atoms with E-state index in [1.165, 1.54) is 57.7 Å². The van der Waals surface area contributed by atoms with Crippen LogP contribution in [0.15, 0.2) is 42.0 Å². The summed E-state index contributed by atoms with van der Waals surface area (Å²) >= 11 is 0. The summed E-state index contributed by atoms with van der Waals surface area (Å²) in [4.78, 5) is 38.0. The Balaban J connectivity index is 2.11. The third-order valence-electron chi connectivity index (χ3n) is 4.23. The second-order valence-corrected chi connectivity index (χ2v) is 5.86. The molecule has 2 aromatic carbocycles. The Morgan fingerprint density at radius 3 is 2.17 bits per heavy atom. The lowest BCUT2D eigenvalue weighted by atomic mass is 10.1. The van der Waals surface area contributed by atoms with Crippen molar-refractivity contribution in [2.45, 2.75) is 0 Å². The zero-order valence-corrected chi connectivity index (χ0v) is 15.8. The van der Waals surface area contributed by atoms with Gasteiger partial charge in [0.25, 0.3) is 11.8 Å². The van der Waals surface area contributed by atoms with Gasteiger partial charge < -0.3 is 14.2 Å². The van der Waals surface area contributed by atoms with Crippen molar-refractivity contribution in [3.63, 3.8) is 0 Å². The molecule has 0 bridgehead atoms. The molecule has 0 spiro atoms. The lowest BCUT2D eigenvalue weighted by Gasteiger charge is -2.26. The molecule has 0 aliphatic carbocycles. The van der Waals surface area contributed by atoms with E-state index in [2.05, 4.69) is 0 Å². The fourth-order valence-corrected chi connectivity index (χ4v) is 2.83. The number of hydrogen-bond acceptors (Lipinski definition) is 6. The van der Waals surface area contributed by atoms with Gasteiger partial charge in [0.15, 0.2) is 11.5 Å². The van der Waals surface area contributed by atoms with Crippen LogP contribution in [0.5, 0.6) is 17.2 Å². The minimum Gasteiger partial charge on any atom is -0.496 e. The van der Waals surface area contributed by atoms with Crippen molar-refractivity contribution in [1.82, 2.24) is 5.32 Å². The van der Waals surface area contributed by atoms with Crippen LogP contribution < -0.4 is 24.4 Å². The molecule has 0 atom stereocenters. The zero-order chi connectivity index (χ0) is 21.1. The molecule has 1 fully saturated rings. The predicted octanol–water partition coefficient (Wildman–Crippen LogP) is 2.52. The Morgan fingerprint density at radius 2 is 1.55 bits per heavy atom. The highest BCUT2D eigenvalue weighted by atomic mass is 19.1. The van der Waals surface area contributed by atoms with Gasteiger partial charge in [-0.3, -0.25) is 14.9 Å². The lowest BCUT2D eigenvalue weighted by molar-refractivity contribution is -0.122. The quantitative estimate of drug-likeness (QED) is 0.612. The first kappa shape index (κ1) is 19.9. The Hall–Kier alpha value is -3.88. The first-order valence-electron chi connectivity index (χ1n) is 8.37. The van der Waals surface area contributed by atoms with Crippen molar-refractivity contribution in [2.24, 2.45) is 0 Å². The number of anilines is 1. The lowest BCUT2D eigenvalue weighted by Crippen LogP contribution is -2.54. The Kier molecular flexibility index (Phi) is 5.49. The molecule has 8 nitrogen and oxygen atoms in total. The van der Waals surface area contributed by atoms with Gasteiger partial charge in [-0.25, -0.2) is 14.1 Å². The van der Waals surface area contributed by atoms with Crippen molar-refractivity contribution in [3.05, 3.63) is 53.4 Å². The van der Waals surface area contributed by atoms with Crippen molar-refractivity contribution in [2.75, 3.05) is 26.2 Å². The minimum absolute atomic E-state index is 0.271. The van der Waals surface area contributed by atoms with Crippen LogP contribution in [0, 0.1) is 5.82 Å². The maximum atomic E-state index is 14.1. The summed E-state index contributed by atoms with van der Waals surface area (Å²) in [5.74, 6) is -1.65. The summed E-state index contributed by atoms with van der Waals surface area (Å²) in [6.45, 7) is 0. The van der Waals surface area contributed by atoms with E-state index in [1.54, 1.807) is 0 Å². The third-order valence-corrected chi connectivity index (χ3v) is 4.23. The van der Waals surface area contributed by atoms with Crippen LogP contribution in [-0.2, 0) is 9.59 Å². The van der Waals surface area contributed by atoms with E-state index >= 15 is 0 Å². The molecule has 0 radical (unpaired) electrons. The molecule has 29 heavy (non-hydrogen) atoms. The van der Waals surface area contributed by atoms with E-state index in [-0.39, 0.29) is 11.3 Å². The summed E-state index contributed by atoms with van der Waals surface area (Å²) in [6, 6.07) is 7.24. The van der Waals surface area contributed by atoms with Crippen LogP contribution in [0.25, 0.3) is 6.08 Å². The molecule has 0 unspecified atom stereocenters. The van der Waals surface area contributed by atoms with Gasteiger partial charge in [0, 0.05) is 11.6 Å². The molecular formula is C20H17FN2O6. The molecule has 2 aromatic rings. The molecule has 1 saturated heterocycles. The number of nitrogens with one attached hydrogen (secondary N) is 1. The largest absolute Gasteiger partial charge is 0.496 e. The number of para-hydroxylation sites is 1. The van der Waals surface area contributed by atoms with Crippen molar-refractivity contribution < 1.29 is 33.0 Å². The average molecular weight is 400 g/mol. The van der Waals surface area contributed by atoms with Crippen molar-refractivity contribution in [3.8, 4) is 17.2 Å². The first-order valence-corrected chi connectivity index (χ1v) is 8.37. The highest BCUT2D eigenvalue weighted by Gasteiger charge is 2.38. The number of amides is 4. The van der Waals surface area contributed by atoms with E-state index in [1.807, 2.05) is 5.32 Å². The maximum absolute atomic E-state index is 14.1. The van der Waals surface area contributed by atoms with Crippen LogP contribution in [-0.4, -0.2) is 39.2 Å². The molecule has 9 heteroatoms. The summed E-state index contributed by atoms with van der Waals surface area (Å²) in [6.07, 6.45) is 1.23. The van der Waals surface area contributed by atoms with Gasteiger partial charge in [0.1, 0.15) is 17.1 Å². The number of carbonyl (C=O) groups excluding carboxylic acids is 3. The number of ether oxygens (including phenoxy) is 3. The highest BCUT2D eigenvalue weighted by Crippen LogP contribution is 2.36. The normalized spacial score (nSPS) is 15.4. The van der Waals surface area contributed by atoms with Crippen LogP contribution >= 0.6 is 0 Å². The summed E-state index contributed by atoms with van der Waals surface area (Å²) in [5.41, 5.74) is -0.322.